The first-order valence-corrected chi connectivity index (χ1v) is 8.91. The third-order valence-electron chi connectivity index (χ3n) is 3.09. The van der Waals surface area contributed by atoms with E-state index in [0.717, 1.165) is 17.5 Å². The molecule has 6 heteroatoms. The Labute approximate surface area is 127 Å². The Hall–Kier alpha value is -0.950. The molecule has 0 amide bonds. The van der Waals surface area contributed by atoms with Gasteiger partial charge in [-0.3, -0.25) is 0 Å². The second-order valence-electron chi connectivity index (χ2n) is 5.42. The van der Waals surface area contributed by atoms with Gasteiger partial charge in [-0.2, -0.15) is 0 Å². The summed E-state index contributed by atoms with van der Waals surface area (Å²) in [7, 11) is -3.36. The summed E-state index contributed by atoms with van der Waals surface area (Å²) in [6.45, 7) is 5.94. The molecule has 1 rings (SSSR count). The quantitative estimate of drug-likeness (QED) is 0.643. The molecule has 0 aliphatic heterocycles. The van der Waals surface area contributed by atoms with E-state index < -0.39 is 10.0 Å². The van der Waals surface area contributed by atoms with Gasteiger partial charge in [0.15, 0.2) is 0 Å². The summed E-state index contributed by atoms with van der Waals surface area (Å²) >= 11 is 0. The highest BCUT2D eigenvalue weighted by atomic mass is 32.2. The van der Waals surface area contributed by atoms with Crippen molar-refractivity contribution in [3.63, 3.8) is 0 Å². The fourth-order valence-corrected chi connectivity index (χ4v) is 3.03. The zero-order valence-electron chi connectivity index (χ0n) is 12.8. The van der Waals surface area contributed by atoms with Gasteiger partial charge in [-0.15, -0.1) is 0 Å². The fraction of sp³-hybridized carbons (Fsp3) is 0.600. The van der Waals surface area contributed by atoms with Crippen molar-refractivity contribution in [1.29, 1.82) is 0 Å². The zero-order valence-corrected chi connectivity index (χ0v) is 13.7. The van der Waals surface area contributed by atoms with E-state index in [9.17, 15) is 8.42 Å². The Kier molecular flexibility index (Phi) is 7.88. The van der Waals surface area contributed by atoms with Gasteiger partial charge in [-0.1, -0.05) is 38.1 Å². The van der Waals surface area contributed by atoms with Crippen molar-refractivity contribution >= 4 is 10.0 Å². The Balaban J connectivity index is 2.37. The third kappa shape index (κ3) is 7.57. The molecule has 0 fully saturated rings. The van der Waals surface area contributed by atoms with Gasteiger partial charge in [-0.05, 0) is 23.5 Å². The largest absolute Gasteiger partial charge is 0.380 e. The Morgan fingerprint density at radius 2 is 1.86 bits per heavy atom. The topological polar surface area (TPSA) is 81.4 Å². The minimum absolute atomic E-state index is 0.0492. The number of sulfonamides is 1. The maximum Gasteiger partial charge on any atom is 0.215 e. The third-order valence-corrected chi connectivity index (χ3v) is 4.43. The molecule has 0 atom stereocenters. The highest BCUT2D eigenvalue weighted by molar-refractivity contribution is 7.88. The number of hydrogen-bond acceptors (Lipinski definition) is 4. The molecule has 0 aliphatic rings. The summed E-state index contributed by atoms with van der Waals surface area (Å²) in [5.41, 5.74) is 7.21. The minimum Gasteiger partial charge on any atom is -0.380 e. The molecule has 0 heterocycles. The molecule has 0 aromatic heterocycles. The summed E-state index contributed by atoms with van der Waals surface area (Å²) < 4.78 is 31.9. The lowest BCUT2D eigenvalue weighted by Gasteiger charge is -2.10. The lowest BCUT2D eigenvalue weighted by atomic mass is 10.1. The number of hydrogen-bond donors (Lipinski definition) is 2. The molecule has 0 saturated heterocycles. The number of ether oxygens (including phenoxy) is 1. The van der Waals surface area contributed by atoms with Crippen LogP contribution in [-0.4, -0.2) is 28.2 Å². The van der Waals surface area contributed by atoms with Crippen LogP contribution in [0.25, 0.3) is 0 Å². The van der Waals surface area contributed by atoms with Crippen molar-refractivity contribution in [3.8, 4) is 0 Å². The van der Waals surface area contributed by atoms with E-state index in [4.69, 9.17) is 10.5 Å². The molecule has 0 saturated carbocycles. The minimum atomic E-state index is -3.36. The predicted molar refractivity (Wildman–Crippen MR) is 85.2 cm³/mol. The first kappa shape index (κ1) is 18.1. The number of nitrogens with two attached hydrogens (primary N) is 1. The predicted octanol–water partition coefficient (Wildman–Crippen LogP) is 1.63. The van der Waals surface area contributed by atoms with Crippen LogP contribution in [0.1, 0.15) is 31.4 Å². The standard InChI is InChI=1S/C15H26N2O3S/c1-13(2)7-9-20-10-8-17-21(18,19)12-15-6-4-3-5-14(15)11-16/h3-6,13,17H,7-12,16H2,1-2H3. The molecule has 1 aromatic rings. The van der Waals surface area contributed by atoms with Gasteiger partial charge in [0.25, 0.3) is 0 Å². The smallest absolute Gasteiger partial charge is 0.215 e. The molecule has 0 unspecified atom stereocenters. The first-order valence-electron chi connectivity index (χ1n) is 7.26. The SMILES string of the molecule is CC(C)CCOCCNS(=O)(=O)Cc1ccccc1CN. The fourth-order valence-electron chi connectivity index (χ4n) is 1.84. The molecule has 0 radical (unpaired) electrons. The highest BCUT2D eigenvalue weighted by Crippen LogP contribution is 2.11. The summed E-state index contributed by atoms with van der Waals surface area (Å²) in [6, 6.07) is 7.31. The Morgan fingerprint density at radius 1 is 1.19 bits per heavy atom. The highest BCUT2D eigenvalue weighted by Gasteiger charge is 2.13. The monoisotopic (exact) mass is 314 g/mol. The van der Waals surface area contributed by atoms with Crippen LogP contribution in [0, 0.1) is 5.92 Å². The van der Waals surface area contributed by atoms with Crippen LogP contribution < -0.4 is 10.5 Å². The molecule has 0 spiro atoms. The van der Waals surface area contributed by atoms with Crippen molar-refractivity contribution in [1.82, 2.24) is 4.72 Å². The van der Waals surface area contributed by atoms with Gasteiger partial charge in [0, 0.05) is 19.7 Å². The maximum absolute atomic E-state index is 12.0. The van der Waals surface area contributed by atoms with Gasteiger partial charge >= 0.3 is 0 Å². The molecule has 120 valence electrons. The molecule has 21 heavy (non-hydrogen) atoms. The van der Waals surface area contributed by atoms with Crippen LogP contribution >= 0.6 is 0 Å². The Bertz CT molecular complexity index is 515. The van der Waals surface area contributed by atoms with E-state index >= 15 is 0 Å². The molecule has 0 aliphatic carbocycles. The van der Waals surface area contributed by atoms with Gasteiger partial charge in [-0.25, -0.2) is 13.1 Å². The van der Waals surface area contributed by atoms with Crippen LogP contribution in [0.15, 0.2) is 24.3 Å². The summed E-state index contributed by atoms with van der Waals surface area (Å²) in [5, 5.41) is 0. The van der Waals surface area contributed by atoms with E-state index in [0.29, 0.717) is 32.2 Å². The van der Waals surface area contributed by atoms with Crippen molar-refractivity contribution in [2.45, 2.75) is 32.6 Å². The van der Waals surface area contributed by atoms with E-state index in [2.05, 4.69) is 18.6 Å². The van der Waals surface area contributed by atoms with E-state index in [1.54, 1.807) is 6.07 Å². The number of rotatable bonds is 10. The van der Waals surface area contributed by atoms with Crippen molar-refractivity contribution in [3.05, 3.63) is 35.4 Å². The first-order chi connectivity index (χ1) is 9.94. The normalized spacial score (nSPS) is 12.0. The molecular weight excluding hydrogens is 288 g/mol. The van der Waals surface area contributed by atoms with Crippen molar-refractivity contribution in [2.75, 3.05) is 19.8 Å². The van der Waals surface area contributed by atoms with Gasteiger partial charge in [0.05, 0.1) is 12.4 Å². The van der Waals surface area contributed by atoms with Gasteiger partial charge in [0.2, 0.25) is 10.0 Å². The zero-order chi connectivity index (χ0) is 15.7. The van der Waals surface area contributed by atoms with E-state index in [1.807, 2.05) is 18.2 Å². The average Bonchev–Trinajstić information content (AvgIpc) is 2.42. The maximum atomic E-state index is 12.0. The number of nitrogens with one attached hydrogen (secondary N) is 1. The molecular formula is C15H26N2O3S. The van der Waals surface area contributed by atoms with Crippen LogP contribution in [0.4, 0.5) is 0 Å². The Morgan fingerprint density at radius 3 is 2.48 bits per heavy atom. The van der Waals surface area contributed by atoms with Gasteiger partial charge < -0.3 is 10.5 Å². The molecule has 0 bridgehead atoms. The molecule has 1 aromatic carbocycles. The van der Waals surface area contributed by atoms with Crippen molar-refractivity contribution in [2.24, 2.45) is 11.7 Å². The van der Waals surface area contributed by atoms with Crippen LogP contribution in [-0.2, 0) is 27.1 Å². The average molecular weight is 314 g/mol. The van der Waals surface area contributed by atoms with Crippen molar-refractivity contribution < 1.29 is 13.2 Å². The second-order valence-corrected chi connectivity index (χ2v) is 7.23. The van der Waals surface area contributed by atoms with Crippen LogP contribution in [0.5, 0.6) is 0 Å². The number of benzene rings is 1. The summed E-state index contributed by atoms with van der Waals surface area (Å²) in [6.07, 6.45) is 0.983. The lowest BCUT2D eigenvalue weighted by molar-refractivity contribution is 0.128. The van der Waals surface area contributed by atoms with Crippen LogP contribution in [0.3, 0.4) is 0 Å². The summed E-state index contributed by atoms with van der Waals surface area (Å²) in [4.78, 5) is 0. The van der Waals surface area contributed by atoms with Crippen LogP contribution in [0.2, 0.25) is 0 Å². The molecule has 3 N–H and O–H groups in total. The lowest BCUT2D eigenvalue weighted by Crippen LogP contribution is -2.29. The van der Waals surface area contributed by atoms with E-state index in [1.165, 1.54) is 0 Å². The van der Waals surface area contributed by atoms with E-state index in [-0.39, 0.29) is 5.75 Å². The van der Waals surface area contributed by atoms with Gasteiger partial charge in [0.1, 0.15) is 0 Å². The molecule has 5 nitrogen and oxygen atoms in total. The second kappa shape index (κ2) is 9.15. The summed E-state index contributed by atoms with van der Waals surface area (Å²) in [5.74, 6) is 0.543.